The van der Waals surface area contributed by atoms with Gasteiger partial charge < -0.3 is 10.2 Å². The van der Waals surface area contributed by atoms with Crippen molar-refractivity contribution in [1.29, 1.82) is 0 Å². The van der Waals surface area contributed by atoms with E-state index in [1.807, 2.05) is 23.1 Å². The molecule has 32 heavy (non-hydrogen) atoms. The van der Waals surface area contributed by atoms with Crippen LogP contribution in [0.1, 0.15) is 40.2 Å². The van der Waals surface area contributed by atoms with Crippen molar-refractivity contribution in [2.45, 2.75) is 38.4 Å². The average molecular weight is 429 g/mol. The minimum Gasteiger partial charge on any atom is -0.364 e. The molecule has 5 rings (SSSR count). The van der Waals surface area contributed by atoms with Gasteiger partial charge in [0, 0.05) is 44.5 Å². The van der Waals surface area contributed by atoms with E-state index < -0.39 is 0 Å². The first-order valence-corrected chi connectivity index (χ1v) is 11.3. The van der Waals surface area contributed by atoms with E-state index in [9.17, 15) is 4.79 Å². The van der Waals surface area contributed by atoms with E-state index in [1.165, 1.54) is 17.5 Å². The molecule has 1 amide bonds. The number of aromatic nitrogens is 3. The highest BCUT2D eigenvalue weighted by atomic mass is 16.2. The third-order valence-electron chi connectivity index (χ3n) is 6.49. The molecule has 0 atom stereocenters. The summed E-state index contributed by atoms with van der Waals surface area (Å²) in [7, 11) is 0. The SMILES string of the molecule is O=C(c1cc(NCc2ccccn2)ncn1)N1CCC(N2CCc3ccccc3C2)CC1. The molecule has 1 saturated heterocycles. The monoisotopic (exact) mass is 428 g/mol. The number of fused-ring (bicyclic) bond motifs is 1. The van der Waals surface area contributed by atoms with Gasteiger partial charge in [-0.15, -0.1) is 0 Å². The van der Waals surface area contributed by atoms with Crippen molar-refractivity contribution >= 4 is 11.7 Å². The number of nitrogens with zero attached hydrogens (tertiary/aromatic N) is 5. The molecule has 7 heteroatoms. The van der Waals surface area contributed by atoms with Crippen LogP contribution in [-0.2, 0) is 19.5 Å². The number of rotatable bonds is 5. The van der Waals surface area contributed by atoms with Crippen molar-refractivity contribution in [2.24, 2.45) is 0 Å². The van der Waals surface area contributed by atoms with E-state index in [-0.39, 0.29) is 5.91 Å². The first-order valence-electron chi connectivity index (χ1n) is 11.3. The number of carbonyl (C=O) groups is 1. The maximum atomic E-state index is 13.1. The lowest BCUT2D eigenvalue weighted by Crippen LogP contribution is -2.48. The van der Waals surface area contributed by atoms with Crippen molar-refractivity contribution in [3.63, 3.8) is 0 Å². The van der Waals surface area contributed by atoms with E-state index in [0.29, 0.717) is 24.1 Å². The van der Waals surface area contributed by atoms with Crippen LogP contribution >= 0.6 is 0 Å². The number of pyridine rings is 1. The average Bonchev–Trinajstić information content (AvgIpc) is 2.87. The molecule has 2 aromatic heterocycles. The second-order valence-electron chi connectivity index (χ2n) is 8.48. The molecule has 0 spiro atoms. The molecule has 164 valence electrons. The van der Waals surface area contributed by atoms with Crippen LogP contribution in [0.15, 0.2) is 61.1 Å². The summed E-state index contributed by atoms with van der Waals surface area (Å²) in [6, 6.07) is 16.8. The molecule has 2 aliphatic rings. The van der Waals surface area contributed by atoms with Gasteiger partial charge in [0.2, 0.25) is 0 Å². The van der Waals surface area contributed by atoms with Crippen LogP contribution < -0.4 is 5.32 Å². The molecule has 2 aliphatic heterocycles. The summed E-state index contributed by atoms with van der Waals surface area (Å²) in [4.78, 5) is 30.4. The van der Waals surface area contributed by atoms with Crippen LogP contribution in [0.3, 0.4) is 0 Å². The Morgan fingerprint density at radius 2 is 1.78 bits per heavy atom. The minimum absolute atomic E-state index is 0.0178. The number of hydrogen-bond donors (Lipinski definition) is 1. The lowest BCUT2D eigenvalue weighted by atomic mass is 9.95. The van der Waals surface area contributed by atoms with Gasteiger partial charge in [-0.3, -0.25) is 14.7 Å². The number of likely N-dealkylation sites (tertiary alicyclic amines) is 1. The van der Waals surface area contributed by atoms with Gasteiger partial charge in [0.1, 0.15) is 17.8 Å². The zero-order valence-electron chi connectivity index (χ0n) is 18.2. The van der Waals surface area contributed by atoms with E-state index in [4.69, 9.17) is 0 Å². The molecule has 0 aliphatic carbocycles. The number of amides is 1. The molecule has 0 bridgehead atoms. The van der Waals surface area contributed by atoms with Crippen LogP contribution in [0.2, 0.25) is 0 Å². The molecular formula is C25H28N6O. The minimum atomic E-state index is -0.0178. The number of anilines is 1. The van der Waals surface area contributed by atoms with Crippen molar-refractivity contribution in [3.8, 4) is 0 Å². The second-order valence-corrected chi connectivity index (χ2v) is 8.48. The highest BCUT2D eigenvalue weighted by Gasteiger charge is 2.29. The molecule has 1 aromatic carbocycles. The zero-order chi connectivity index (χ0) is 21.8. The Balaban J connectivity index is 1.16. The van der Waals surface area contributed by atoms with E-state index in [1.54, 1.807) is 12.3 Å². The number of piperidine rings is 1. The van der Waals surface area contributed by atoms with Crippen LogP contribution in [0.5, 0.6) is 0 Å². The van der Waals surface area contributed by atoms with Crippen molar-refractivity contribution in [2.75, 3.05) is 25.0 Å². The Bertz CT molecular complexity index is 1060. The number of nitrogens with one attached hydrogen (secondary N) is 1. The van der Waals surface area contributed by atoms with Crippen molar-refractivity contribution in [3.05, 3.63) is 83.6 Å². The largest absolute Gasteiger partial charge is 0.364 e. The molecule has 1 fully saturated rings. The van der Waals surface area contributed by atoms with Gasteiger partial charge in [0.05, 0.1) is 12.2 Å². The molecule has 3 aromatic rings. The summed E-state index contributed by atoms with van der Waals surface area (Å²) in [5, 5.41) is 3.23. The predicted molar refractivity (Wildman–Crippen MR) is 123 cm³/mol. The fraction of sp³-hybridized carbons (Fsp3) is 0.360. The normalized spacial score (nSPS) is 17.1. The van der Waals surface area contributed by atoms with E-state index >= 15 is 0 Å². The van der Waals surface area contributed by atoms with Gasteiger partial charge in [0.15, 0.2) is 0 Å². The highest BCUT2D eigenvalue weighted by molar-refractivity contribution is 5.93. The van der Waals surface area contributed by atoms with Crippen LogP contribution in [0.25, 0.3) is 0 Å². The van der Waals surface area contributed by atoms with Gasteiger partial charge in [-0.25, -0.2) is 9.97 Å². The fourth-order valence-corrected chi connectivity index (χ4v) is 4.68. The Morgan fingerprint density at radius 1 is 0.969 bits per heavy atom. The predicted octanol–water partition coefficient (Wildman–Crippen LogP) is 3.15. The van der Waals surface area contributed by atoms with Crippen LogP contribution in [0, 0.1) is 0 Å². The summed E-state index contributed by atoms with van der Waals surface area (Å²) in [5.41, 5.74) is 4.28. The first-order chi connectivity index (χ1) is 15.8. The Hall–Kier alpha value is -3.32. The summed E-state index contributed by atoms with van der Waals surface area (Å²) in [6.07, 6.45) is 6.34. The number of benzene rings is 1. The zero-order valence-corrected chi connectivity index (χ0v) is 18.2. The maximum Gasteiger partial charge on any atom is 0.272 e. The van der Waals surface area contributed by atoms with Gasteiger partial charge in [-0.1, -0.05) is 30.3 Å². The highest BCUT2D eigenvalue weighted by Crippen LogP contribution is 2.25. The lowest BCUT2D eigenvalue weighted by molar-refractivity contribution is 0.0594. The molecular weight excluding hydrogens is 400 g/mol. The molecule has 7 nitrogen and oxygen atoms in total. The summed E-state index contributed by atoms with van der Waals surface area (Å²) >= 11 is 0. The van der Waals surface area contributed by atoms with Gasteiger partial charge in [-0.05, 0) is 42.5 Å². The van der Waals surface area contributed by atoms with Crippen LogP contribution in [0.4, 0.5) is 5.82 Å². The summed E-state index contributed by atoms with van der Waals surface area (Å²) in [6.45, 7) is 4.21. The molecule has 0 saturated carbocycles. The Morgan fingerprint density at radius 3 is 2.59 bits per heavy atom. The smallest absolute Gasteiger partial charge is 0.272 e. The van der Waals surface area contributed by atoms with Crippen molar-refractivity contribution < 1.29 is 4.79 Å². The second kappa shape index (κ2) is 9.44. The van der Waals surface area contributed by atoms with Crippen molar-refractivity contribution in [1.82, 2.24) is 24.8 Å². The van der Waals surface area contributed by atoms with Gasteiger partial charge >= 0.3 is 0 Å². The van der Waals surface area contributed by atoms with Crippen LogP contribution in [-0.4, -0.2) is 56.3 Å². The standard InChI is InChI=1S/C25H28N6O/c32-25(23-15-24(29-18-28-23)27-16-21-7-3-4-11-26-21)30-13-9-22(10-14-30)31-12-8-19-5-1-2-6-20(19)17-31/h1-7,11,15,18,22H,8-10,12-14,16-17H2,(H,27,28,29). The van der Waals surface area contributed by atoms with Gasteiger partial charge in [-0.2, -0.15) is 0 Å². The molecule has 0 unspecified atom stereocenters. The van der Waals surface area contributed by atoms with Gasteiger partial charge in [0.25, 0.3) is 5.91 Å². The topological polar surface area (TPSA) is 74.2 Å². The lowest BCUT2D eigenvalue weighted by Gasteiger charge is -2.40. The Labute approximate surface area is 188 Å². The third-order valence-corrected chi connectivity index (χ3v) is 6.49. The molecule has 1 N–H and O–H groups in total. The number of hydrogen-bond acceptors (Lipinski definition) is 6. The molecule has 4 heterocycles. The summed E-state index contributed by atoms with van der Waals surface area (Å²) in [5.74, 6) is 0.617. The Kier molecular flexibility index (Phi) is 6.07. The summed E-state index contributed by atoms with van der Waals surface area (Å²) < 4.78 is 0. The number of carbonyl (C=O) groups excluding carboxylic acids is 1. The fourth-order valence-electron chi connectivity index (χ4n) is 4.68. The third kappa shape index (κ3) is 4.62. The van der Waals surface area contributed by atoms with E-state index in [0.717, 1.165) is 51.1 Å². The first kappa shape index (κ1) is 20.6. The quantitative estimate of drug-likeness (QED) is 0.673. The molecule has 0 radical (unpaired) electrons. The maximum absolute atomic E-state index is 13.1. The van der Waals surface area contributed by atoms with E-state index in [2.05, 4.69) is 49.4 Å².